The fourth-order valence-corrected chi connectivity index (χ4v) is 2.17. The largest absolute Gasteiger partial charge is 0.349 e. The first-order valence-electron chi connectivity index (χ1n) is 6.03. The molecule has 19 heavy (non-hydrogen) atoms. The number of carbonyl (C=O) groups is 1. The molecule has 2 aromatic rings. The Bertz CT molecular complexity index is 623. The second-order valence-electron chi connectivity index (χ2n) is 4.12. The van der Waals surface area contributed by atoms with Gasteiger partial charge in [0, 0.05) is 23.1 Å². The molecule has 0 spiro atoms. The monoisotopic (exact) mass is 318 g/mol. The first kappa shape index (κ1) is 13.8. The van der Waals surface area contributed by atoms with E-state index in [1.165, 1.54) is 0 Å². The minimum absolute atomic E-state index is 0.0773. The van der Waals surface area contributed by atoms with E-state index in [1.54, 1.807) is 0 Å². The summed E-state index contributed by atoms with van der Waals surface area (Å²) < 4.78 is 1.03. The van der Waals surface area contributed by atoms with Crippen LogP contribution in [0, 0.1) is 0 Å². The van der Waals surface area contributed by atoms with Gasteiger partial charge in [0.1, 0.15) is 0 Å². The van der Waals surface area contributed by atoms with E-state index in [2.05, 4.69) is 21.2 Å². The molecule has 0 saturated carbocycles. The van der Waals surface area contributed by atoms with Crippen molar-refractivity contribution in [3.05, 3.63) is 58.6 Å². The molecule has 0 fully saturated rings. The van der Waals surface area contributed by atoms with Crippen molar-refractivity contribution in [2.45, 2.75) is 0 Å². The molecule has 2 rings (SSSR count). The summed E-state index contributed by atoms with van der Waals surface area (Å²) in [6.07, 6.45) is 3.66. The van der Waals surface area contributed by atoms with Gasteiger partial charge in [-0.2, -0.15) is 0 Å². The predicted molar refractivity (Wildman–Crippen MR) is 82.2 cm³/mol. The molecule has 0 bridgehead atoms. The number of nitrogens with two attached hydrogens (primary N) is 1. The van der Waals surface area contributed by atoms with Crippen LogP contribution in [-0.4, -0.2) is 19.0 Å². The quantitative estimate of drug-likeness (QED) is 0.852. The Kier molecular flexibility index (Phi) is 4.71. The zero-order chi connectivity index (χ0) is 13.7. The van der Waals surface area contributed by atoms with Crippen LogP contribution in [0.5, 0.6) is 0 Å². The number of halogens is 1. The lowest BCUT2D eigenvalue weighted by Crippen LogP contribution is -2.23. The molecule has 0 saturated heterocycles. The number of hydrogen-bond donors (Lipinski definition) is 2. The smallest absolute Gasteiger partial charge is 0.251 e. The summed E-state index contributed by atoms with van der Waals surface area (Å²) in [6, 6.07) is 11.7. The third-order valence-electron chi connectivity index (χ3n) is 2.75. The summed E-state index contributed by atoms with van der Waals surface area (Å²) in [4.78, 5) is 11.9. The van der Waals surface area contributed by atoms with Crippen molar-refractivity contribution in [1.82, 2.24) is 5.32 Å². The summed E-state index contributed by atoms with van der Waals surface area (Å²) in [5.74, 6) is -0.0773. The van der Waals surface area contributed by atoms with Crippen LogP contribution in [0.1, 0.15) is 10.4 Å². The van der Waals surface area contributed by atoms with Crippen molar-refractivity contribution in [3.63, 3.8) is 0 Å². The molecular formula is C15H15BrN2O. The van der Waals surface area contributed by atoms with Gasteiger partial charge in [-0.25, -0.2) is 0 Å². The molecule has 0 atom stereocenters. The Morgan fingerprint density at radius 3 is 2.68 bits per heavy atom. The van der Waals surface area contributed by atoms with Crippen molar-refractivity contribution in [2.75, 3.05) is 13.1 Å². The summed E-state index contributed by atoms with van der Waals surface area (Å²) in [5.41, 5.74) is 5.99. The molecule has 98 valence electrons. The Balaban J connectivity index is 2.14. The highest BCUT2D eigenvalue weighted by molar-refractivity contribution is 9.10. The van der Waals surface area contributed by atoms with Crippen LogP contribution in [0.15, 0.2) is 53.0 Å². The minimum Gasteiger partial charge on any atom is -0.349 e. The van der Waals surface area contributed by atoms with E-state index in [9.17, 15) is 4.79 Å². The number of nitrogens with one attached hydrogen (secondary N) is 1. The highest BCUT2D eigenvalue weighted by Crippen LogP contribution is 2.20. The Morgan fingerprint density at radius 1 is 1.16 bits per heavy atom. The van der Waals surface area contributed by atoms with Gasteiger partial charge in [0.15, 0.2) is 0 Å². The lowest BCUT2D eigenvalue weighted by atomic mass is 10.1. The number of amides is 1. The van der Waals surface area contributed by atoms with E-state index in [-0.39, 0.29) is 5.91 Å². The first-order valence-corrected chi connectivity index (χ1v) is 6.82. The van der Waals surface area contributed by atoms with Crippen LogP contribution in [0.25, 0.3) is 10.8 Å². The van der Waals surface area contributed by atoms with Gasteiger partial charge in [0.2, 0.25) is 0 Å². The van der Waals surface area contributed by atoms with E-state index in [0.29, 0.717) is 18.7 Å². The number of benzene rings is 2. The van der Waals surface area contributed by atoms with E-state index < -0.39 is 0 Å². The van der Waals surface area contributed by atoms with Gasteiger partial charge >= 0.3 is 0 Å². The molecule has 0 aliphatic carbocycles. The second-order valence-corrected chi connectivity index (χ2v) is 5.04. The molecule has 3 nitrogen and oxygen atoms in total. The molecule has 0 unspecified atom stereocenters. The zero-order valence-electron chi connectivity index (χ0n) is 10.4. The maximum Gasteiger partial charge on any atom is 0.251 e. The SMILES string of the molecule is NC/C=C/CNC(=O)c1ccc2cc(Br)ccc2c1. The van der Waals surface area contributed by atoms with Gasteiger partial charge in [-0.1, -0.05) is 40.2 Å². The third-order valence-corrected chi connectivity index (χ3v) is 3.24. The topological polar surface area (TPSA) is 55.1 Å². The van der Waals surface area contributed by atoms with Crippen molar-refractivity contribution < 1.29 is 4.79 Å². The van der Waals surface area contributed by atoms with E-state index in [0.717, 1.165) is 15.2 Å². The van der Waals surface area contributed by atoms with Crippen LogP contribution < -0.4 is 11.1 Å². The van der Waals surface area contributed by atoms with Gasteiger partial charge < -0.3 is 11.1 Å². The molecule has 1 amide bonds. The minimum atomic E-state index is -0.0773. The lowest BCUT2D eigenvalue weighted by Gasteiger charge is -2.04. The van der Waals surface area contributed by atoms with Crippen molar-refractivity contribution in [2.24, 2.45) is 5.73 Å². The normalized spacial score (nSPS) is 11.1. The number of fused-ring (bicyclic) bond motifs is 1. The first-order chi connectivity index (χ1) is 9.20. The van der Waals surface area contributed by atoms with Crippen LogP contribution in [0.3, 0.4) is 0 Å². The predicted octanol–water partition coefficient (Wildman–Crippen LogP) is 2.85. The highest BCUT2D eigenvalue weighted by Gasteiger charge is 2.05. The van der Waals surface area contributed by atoms with E-state index in [1.807, 2.05) is 48.6 Å². The number of hydrogen-bond acceptors (Lipinski definition) is 2. The third kappa shape index (κ3) is 3.66. The lowest BCUT2D eigenvalue weighted by molar-refractivity contribution is 0.0958. The Hall–Kier alpha value is -1.65. The van der Waals surface area contributed by atoms with Crippen LogP contribution in [0.4, 0.5) is 0 Å². The molecule has 4 heteroatoms. The second kappa shape index (κ2) is 6.50. The average Bonchev–Trinajstić information content (AvgIpc) is 2.42. The van der Waals surface area contributed by atoms with Crippen LogP contribution in [-0.2, 0) is 0 Å². The summed E-state index contributed by atoms with van der Waals surface area (Å²) >= 11 is 3.43. The molecule has 0 aliphatic rings. The highest BCUT2D eigenvalue weighted by atomic mass is 79.9. The van der Waals surface area contributed by atoms with E-state index in [4.69, 9.17) is 5.73 Å². The maximum atomic E-state index is 11.9. The van der Waals surface area contributed by atoms with Gasteiger partial charge in [0.25, 0.3) is 5.91 Å². The van der Waals surface area contributed by atoms with E-state index >= 15 is 0 Å². The molecule has 0 heterocycles. The standard InChI is InChI=1S/C15H15BrN2O/c16-14-6-5-11-9-13(4-3-12(11)10-14)15(19)18-8-2-1-7-17/h1-6,9-10H,7-8,17H2,(H,18,19)/b2-1+. The molecule has 0 radical (unpaired) electrons. The van der Waals surface area contributed by atoms with Gasteiger partial charge in [0.05, 0.1) is 0 Å². The number of carbonyl (C=O) groups excluding carboxylic acids is 1. The van der Waals surface area contributed by atoms with Gasteiger partial charge in [-0.3, -0.25) is 4.79 Å². The van der Waals surface area contributed by atoms with Crippen molar-refractivity contribution >= 4 is 32.6 Å². The molecule has 0 aliphatic heterocycles. The summed E-state index contributed by atoms with van der Waals surface area (Å²) in [5, 5.41) is 4.97. The average molecular weight is 319 g/mol. The fraction of sp³-hybridized carbons (Fsp3) is 0.133. The van der Waals surface area contributed by atoms with Crippen LogP contribution in [0.2, 0.25) is 0 Å². The molecule has 3 N–H and O–H groups in total. The van der Waals surface area contributed by atoms with Crippen molar-refractivity contribution in [3.8, 4) is 0 Å². The summed E-state index contributed by atoms with van der Waals surface area (Å²) in [7, 11) is 0. The van der Waals surface area contributed by atoms with Crippen molar-refractivity contribution in [1.29, 1.82) is 0 Å². The maximum absolute atomic E-state index is 11.9. The van der Waals surface area contributed by atoms with Gasteiger partial charge in [-0.15, -0.1) is 0 Å². The molecule has 2 aromatic carbocycles. The summed E-state index contributed by atoms with van der Waals surface area (Å²) in [6.45, 7) is 0.981. The zero-order valence-corrected chi connectivity index (χ0v) is 12.0. The molecule has 0 aromatic heterocycles. The van der Waals surface area contributed by atoms with Crippen LogP contribution >= 0.6 is 15.9 Å². The Labute approximate surface area is 120 Å². The Morgan fingerprint density at radius 2 is 1.89 bits per heavy atom. The van der Waals surface area contributed by atoms with Gasteiger partial charge in [-0.05, 0) is 35.0 Å². The fourth-order valence-electron chi connectivity index (χ4n) is 1.79. The molecular weight excluding hydrogens is 304 g/mol. The number of rotatable bonds is 4.